The van der Waals surface area contributed by atoms with Crippen LogP contribution in [0.5, 0.6) is 0 Å². The molecule has 0 saturated carbocycles. The Morgan fingerprint density at radius 1 is 0.925 bits per heavy atom. The second kappa shape index (κ2) is 17.2. The first-order valence-corrected chi connectivity index (χ1v) is 12.5. The van der Waals surface area contributed by atoms with Crippen molar-refractivity contribution in [3.63, 3.8) is 0 Å². The van der Waals surface area contributed by atoms with Gasteiger partial charge in [-0.15, -0.1) is 0 Å². The molecular formula is C22H40N12O6. The van der Waals surface area contributed by atoms with E-state index in [-0.39, 0.29) is 50.7 Å². The fraction of sp³-hybridized carbons (Fsp3) is 0.591. The Bertz CT molecular complexity index is 1020. The van der Waals surface area contributed by atoms with E-state index in [1.807, 2.05) is 0 Å². The van der Waals surface area contributed by atoms with E-state index in [1.54, 1.807) is 0 Å². The lowest BCUT2D eigenvalue weighted by Crippen LogP contribution is -2.58. The van der Waals surface area contributed by atoms with E-state index in [9.17, 15) is 29.4 Å². The number of aliphatic imine (C=N–C) groups is 2. The molecule has 0 spiro atoms. The first-order valence-electron chi connectivity index (χ1n) is 12.5. The summed E-state index contributed by atoms with van der Waals surface area (Å²) in [5.41, 5.74) is 27.7. The molecule has 0 saturated heterocycles. The number of aliphatic hydroxyl groups is 1. The van der Waals surface area contributed by atoms with Gasteiger partial charge in [-0.05, 0) is 32.6 Å². The third kappa shape index (κ3) is 12.9. The van der Waals surface area contributed by atoms with Gasteiger partial charge in [-0.25, -0.2) is 9.78 Å². The molecule has 1 heterocycles. The van der Waals surface area contributed by atoms with Gasteiger partial charge in [-0.3, -0.25) is 24.4 Å². The molecule has 0 aliphatic heterocycles. The molecule has 0 aliphatic carbocycles. The number of nitrogens with two attached hydrogens (primary N) is 5. The highest BCUT2D eigenvalue weighted by molar-refractivity contribution is 5.94. The summed E-state index contributed by atoms with van der Waals surface area (Å²) in [5.74, 6) is -3.94. The summed E-state index contributed by atoms with van der Waals surface area (Å²) < 4.78 is 0. The van der Waals surface area contributed by atoms with Crippen LogP contribution in [0.15, 0.2) is 22.5 Å². The number of hydrogen-bond donors (Lipinski definition) is 11. The first kappa shape index (κ1) is 33.6. The Hall–Kier alpha value is -4.45. The lowest BCUT2D eigenvalue weighted by Gasteiger charge is -2.25. The van der Waals surface area contributed by atoms with Gasteiger partial charge in [0, 0.05) is 31.4 Å². The molecule has 0 aromatic carbocycles. The minimum atomic E-state index is -1.62. The Labute approximate surface area is 230 Å². The van der Waals surface area contributed by atoms with Gasteiger partial charge < -0.3 is 59.8 Å². The first-order chi connectivity index (χ1) is 18.8. The van der Waals surface area contributed by atoms with E-state index >= 15 is 0 Å². The molecule has 18 heteroatoms. The minimum absolute atomic E-state index is 0.0822. The number of amides is 3. The average molecular weight is 569 g/mol. The van der Waals surface area contributed by atoms with Crippen LogP contribution in [0, 0.1) is 0 Å². The van der Waals surface area contributed by atoms with Gasteiger partial charge in [0.25, 0.3) is 0 Å². The third-order valence-electron chi connectivity index (χ3n) is 5.54. The van der Waals surface area contributed by atoms with Crippen molar-refractivity contribution in [2.75, 3.05) is 13.1 Å². The van der Waals surface area contributed by atoms with Crippen LogP contribution < -0.4 is 44.6 Å². The second-order valence-corrected chi connectivity index (χ2v) is 8.97. The number of aliphatic hydroxyl groups excluding tert-OH is 1. The average Bonchev–Trinajstić information content (AvgIpc) is 3.38. The molecule has 1 aromatic heterocycles. The van der Waals surface area contributed by atoms with Crippen molar-refractivity contribution >= 4 is 35.6 Å². The third-order valence-corrected chi connectivity index (χ3v) is 5.54. The lowest BCUT2D eigenvalue weighted by molar-refractivity contribution is -0.145. The fourth-order valence-corrected chi connectivity index (χ4v) is 3.44. The standard InChI is InChI=1S/C22H40N12O6/c1-11(35)16(20(39)40)34-19(38)15(8-12-9-28-10-31-12)33-18(37)14(5-3-7-30-22(26)27)32-17(36)13(23)4-2-6-29-21(24)25/h9-11,13-16,35H,2-8,23H2,1H3,(H,28,31)(H,32,36)(H,33,37)(H,34,38)(H,39,40)(H4,24,25,29)(H4,26,27,30). The van der Waals surface area contributed by atoms with Gasteiger partial charge >= 0.3 is 5.97 Å². The molecule has 1 rings (SSSR count). The molecular weight excluding hydrogens is 528 g/mol. The van der Waals surface area contributed by atoms with Crippen LogP contribution in [0.4, 0.5) is 0 Å². The van der Waals surface area contributed by atoms with Crippen LogP contribution in [-0.2, 0) is 25.6 Å². The zero-order valence-electron chi connectivity index (χ0n) is 22.2. The van der Waals surface area contributed by atoms with Crippen molar-refractivity contribution in [2.45, 2.75) is 69.3 Å². The van der Waals surface area contributed by atoms with Crippen molar-refractivity contribution in [3.05, 3.63) is 18.2 Å². The zero-order valence-corrected chi connectivity index (χ0v) is 22.2. The largest absolute Gasteiger partial charge is 0.480 e. The molecule has 3 amide bonds. The molecule has 0 aliphatic rings. The number of hydrogen-bond acceptors (Lipinski definition) is 9. The summed E-state index contributed by atoms with van der Waals surface area (Å²) in [6, 6.07) is -5.04. The maximum Gasteiger partial charge on any atom is 0.328 e. The Morgan fingerprint density at radius 2 is 1.48 bits per heavy atom. The van der Waals surface area contributed by atoms with Gasteiger partial charge in [-0.2, -0.15) is 0 Å². The number of aliphatic carboxylic acids is 1. The molecule has 18 nitrogen and oxygen atoms in total. The lowest BCUT2D eigenvalue weighted by atomic mass is 10.1. The van der Waals surface area contributed by atoms with Crippen LogP contribution in [0.2, 0.25) is 0 Å². The van der Waals surface area contributed by atoms with Crippen LogP contribution in [0.1, 0.15) is 38.3 Å². The van der Waals surface area contributed by atoms with E-state index in [0.29, 0.717) is 12.1 Å². The smallest absolute Gasteiger partial charge is 0.328 e. The van der Waals surface area contributed by atoms with E-state index < -0.39 is 54.0 Å². The summed E-state index contributed by atoms with van der Waals surface area (Å²) in [6.45, 7) is 1.63. The van der Waals surface area contributed by atoms with Crippen LogP contribution in [0.3, 0.4) is 0 Å². The number of H-pyrrole nitrogens is 1. The van der Waals surface area contributed by atoms with Gasteiger partial charge in [0.2, 0.25) is 17.7 Å². The van der Waals surface area contributed by atoms with Gasteiger partial charge in [-0.1, -0.05) is 0 Å². The maximum atomic E-state index is 13.3. The Kier molecular flexibility index (Phi) is 14.4. The van der Waals surface area contributed by atoms with Gasteiger partial charge in [0.05, 0.1) is 18.5 Å². The molecule has 40 heavy (non-hydrogen) atoms. The van der Waals surface area contributed by atoms with Crippen LogP contribution in [0.25, 0.3) is 0 Å². The predicted molar refractivity (Wildman–Crippen MR) is 145 cm³/mol. The monoisotopic (exact) mass is 568 g/mol. The van der Waals surface area contributed by atoms with E-state index in [0.717, 1.165) is 0 Å². The number of nitrogens with zero attached hydrogens (tertiary/aromatic N) is 3. The predicted octanol–water partition coefficient (Wildman–Crippen LogP) is -4.69. The second-order valence-electron chi connectivity index (χ2n) is 8.97. The molecule has 5 atom stereocenters. The van der Waals surface area contributed by atoms with E-state index in [2.05, 4.69) is 35.9 Å². The Morgan fingerprint density at radius 3 is 1.98 bits per heavy atom. The highest BCUT2D eigenvalue weighted by Gasteiger charge is 2.32. The molecule has 5 unspecified atom stereocenters. The quantitative estimate of drug-likeness (QED) is 0.0452. The summed E-state index contributed by atoms with van der Waals surface area (Å²) in [4.78, 5) is 64.8. The molecule has 1 aromatic rings. The number of guanidine groups is 2. The number of carboxylic acids is 1. The summed E-state index contributed by atoms with van der Waals surface area (Å²) in [6.07, 6.45) is 2.29. The highest BCUT2D eigenvalue weighted by Crippen LogP contribution is 2.06. The molecule has 0 bridgehead atoms. The molecule has 16 N–H and O–H groups in total. The number of aromatic nitrogens is 2. The number of carbonyl (C=O) groups excluding carboxylic acids is 3. The van der Waals surface area contributed by atoms with Crippen molar-refractivity contribution in [1.29, 1.82) is 0 Å². The summed E-state index contributed by atoms with van der Waals surface area (Å²) >= 11 is 0. The minimum Gasteiger partial charge on any atom is -0.480 e. The highest BCUT2D eigenvalue weighted by atomic mass is 16.4. The summed E-state index contributed by atoms with van der Waals surface area (Å²) in [7, 11) is 0. The number of carbonyl (C=O) groups is 4. The zero-order chi connectivity index (χ0) is 30.2. The SMILES string of the molecule is CC(O)C(NC(=O)C(Cc1cnc[nH]1)NC(=O)C(CCCN=C(N)N)NC(=O)C(N)CCCN=C(N)N)C(=O)O. The van der Waals surface area contributed by atoms with Gasteiger partial charge in [0.15, 0.2) is 18.0 Å². The number of rotatable bonds is 18. The topological polar surface area (TPSA) is 328 Å². The molecule has 0 fully saturated rings. The van der Waals surface area contributed by atoms with Crippen molar-refractivity contribution in [3.8, 4) is 0 Å². The van der Waals surface area contributed by atoms with E-state index in [1.165, 1.54) is 19.4 Å². The Balaban J connectivity index is 3.05. The number of aromatic amines is 1. The fourth-order valence-electron chi connectivity index (χ4n) is 3.44. The van der Waals surface area contributed by atoms with Crippen LogP contribution in [-0.4, -0.2) is 99.2 Å². The maximum absolute atomic E-state index is 13.3. The molecule has 224 valence electrons. The molecule has 0 radical (unpaired) electrons. The van der Waals surface area contributed by atoms with Crippen LogP contribution >= 0.6 is 0 Å². The number of nitrogens with one attached hydrogen (secondary N) is 4. The van der Waals surface area contributed by atoms with E-state index in [4.69, 9.17) is 28.7 Å². The number of carboxylic acid groups (broad SMARTS) is 1. The number of imidazole rings is 1. The van der Waals surface area contributed by atoms with Crippen molar-refractivity contribution in [2.24, 2.45) is 38.7 Å². The van der Waals surface area contributed by atoms with Crippen molar-refractivity contribution in [1.82, 2.24) is 25.9 Å². The van der Waals surface area contributed by atoms with Gasteiger partial charge in [0.1, 0.15) is 12.1 Å². The summed E-state index contributed by atoms with van der Waals surface area (Å²) in [5, 5.41) is 26.4. The van der Waals surface area contributed by atoms with Crippen molar-refractivity contribution < 1.29 is 29.4 Å². The normalized spacial score (nSPS) is 14.5.